The molecule has 4 atom stereocenters. The van der Waals surface area contributed by atoms with E-state index in [0.717, 1.165) is 55.3 Å². The number of benzene rings is 6. The molecule has 5 nitrogen and oxygen atoms in total. The van der Waals surface area contributed by atoms with Crippen molar-refractivity contribution in [3.63, 3.8) is 0 Å². The summed E-state index contributed by atoms with van der Waals surface area (Å²) in [7, 11) is 0. The molecule has 5 heteroatoms. The monoisotopic (exact) mass is 834 g/mol. The number of para-hydroxylation sites is 2. The fraction of sp³-hybridized carbons (Fsp3) is 0.345. The largest absolute Gasteiger partial charge is 0.466 e. The van der Waals surface area contributed by atoms with E-state index in [1.807, 2.05) is 0 Å². The summed E-state index contributed by atoms with van der Waals surface area (Å²) in [4.78, 5) is 10.8. The summed E-state index contributed by atoms with van der Waals surface area (Å²) in [5.74, 6) is 1.14. The van der Waals surface area contributed by atoms with Crippen LogP contribution >= 0.6 is 0 Å². The second-order valence-electron chi connectivity index (χ2n) is 21.8. The zero-order chi connectivity index (χ0) is 44.6. The Balaban J connectivity index is 1.12. The molecular weight excluding hydrogens is 773 g/mol. The smallest absolute Gasteiger partial charge is 0.221 e. The van der Waals surface area contributed by atoms with Crippen LogP contribution in [0.15, 0.2) is 148 Å². The van der Waals surface area contributed by atoms with E-state index < -0.39 is 0 Å². The van der Waals surface area contributed by atoms with Crippen molar-refractivity contribution in [3.05, 3.63) is 189 Å². The van der Waals surface area contributed by atoms with Crippen molar-refractivity contribution in [3.8, 4) is 0 Å². The van der Waals surface area contributed by atoms with Gasteiger partial charge in [-0.15, -0.1) is 0 Å². The lowest BCUT2D eigenvalue weighted by atomic mass is 9.84. The van der Waals surface area contributed by atoms with E-state index >= 15 is 0 Å². The Morgan fingerprint density at radius 1 is 0.349 bits per heavy atom. The molecule has 0 spiro atoms. The first kappa shape index (κ1) is 42.4. The van der Waals surface area contributed by atoms with Crippen LogP contribution in [0.3, 0.4) is 0 Å². The van der Waals surface area contributed by atoms with Crippen LogP contribution in [0.4, 0.5) is 0 Å². The number of ether oxygens (including phenoxy) is 2. The molecule has 0 unspecified atom stereocenters. The molecule has 0 saturated heterocycles. The lowest BCUT2D eigenvalue weighted by Crippen LogP contribution is -2.13. The first-order valence-corrected chi connectivity index (χ1v) is 22.6. The van der Waals surface area contributed by atoms with Gasteiger partial charge in [-0.05, 0) is 78.3 Å². The third kappa shape index (κ3) is 8.12. The molecule has 0 fully saturated rings. The zero-order valence-electron chi connectivity index (χ0n) is 39.1. The normalized spacial score (nSPS) is 19.6. The fourth-order valence-corrected chi connectivity index (χ4v) is 8.95. The molecule has 0 aliphatic carbocycles. The SMILES string of the molecule is CC(C)(C)c1ccc([C@@H]2N=C(c3cccc4c3oc3c(C5=N[C@@H](c6ccc(C(C)(C)C)cc6)[C@H](c6ccc(C(C)(C)C)cc6)O5)cccc34)O[C@H]2c2ccc(C(C)(C)C)cc2)cc1. The summed E-state index contributed by atoms with van der Waals surface area (Å²) in [6.45, 7) is 26.9. The molecule has 322 valence electrons. The highest BCUT2D eigenvalue weighted by Crippen LogP contribution is 2.46. The summed E-state index contributed by atoms with van der Waals surface area (Å²) in [6.07, 6.45) is -0.621. The third-order valence-electron chi connectivity index (χ3n) is 13.0. The quantitative estimate of drug-likeness (QED) is 0.168. The molecular formula is C58H62N2O3. The highest BCUT2D eigenvalue weighted by atomic mass is 16.5. The Kier molecular flexibility index (Phi) is 10.4. The van der Waals surface area contributed by atoms with Gasteiger partial charge in [0, 0.05) is 10.8 Å². The number of rotatable bonds is 6. The van der Waals surface area contributed by atoms with Crippen molar-refractivity contribution < 1.29 is 13.9 Å². The third-order valence-corrected chi connectivity index (χ3v) is 13.0. The Labute approximate surface area is 374 Å². The van der Waals surface area contributed by atoms with Crippen LogP contribution in [0.25, 0.3) is 21.9 Å². The Morgan fingerprint density at radius 3 is 0.921 bits per heavy atom. The minimum absolute atomic E-state index is 0.0427. The standard InChI is InChI=1S/C58H62N2O3/c1-55(2,3)39-27-19-35(20-28-39)47-49(37-23-31-41(32-24-37)57(7,8)9)62-53(59-47)45-17-13-15-43-44-16-14-18-46(52(44)61-51(43)45)54-60-48(36-21-29-40(30-22-36)56(4,5)6)50(63-54)38-25-33-42(34-26-38)58(10,11)12/h13-34,47-50H,1-12H3/t47-,48-,49-,50-/m0/s1. The van der Waals surface area contributed by atoms with Crippen LogP contribution in [0.5, 0.6) is 0 Å². The van der Waals surface area contributed by atoms with E-state index in [4.69, 9.17) is 23.9 Å². The van der Waals surface area contributed by atoms with E-state index in [1.165, 1.54) is 22.3 Å². The van der Waals surface area contributed by atoms with Crippen LogP contribution < -0.4 is 0 Å². The van der Waals surface area contributed by atoms with Gasteiger partial charge >= 0.3 is 0 Å². The van der Waals surface area contributed by atoms with E-state index in [1.54, 1.807) is 0 Å². The Hall–Kier alpha value is -5.94. The second kappa shape index (κ2) is 15.4. The lowest BCUT2D eigenvalue weighted by Gasteiger charge is -2.23. The average Bonchev–Trinajstić information content (AvgIpc) is 3.99. The van der Waals surface area contributed by atoms with Crippen LogP contribution in [0, 0.1) is 0 Å². The molecule has 0 bridgehead atoms. The minimum Gasteiger partial charge on any atom is -0.466 e. The van der Waals surface area contributed by atoms with Crippen molar-refractivity contribution in [1.29, 1.82) is 0 Å². The molecule has 0 radical (unpaired) electrons. The number of hydrogen-bond donors (Lipinski definition) is 0. The van der Waals surface area contributed by atoms with Crippen LogP contribution in [-0.4, -0.2) is 11.8 Å². The van der Waals surface area contributed by atoms with Crippen molar-refractivity contribution in [2.45, 2.75) is 129 Å². The molecule has 1 aromatic heterocycles. The van der Waals surface area contributed by atoms with Gasteiger partial charge in [0.25, 0.3) is 0 Å². The van der Waals surface area contributed by atoms with Gasteiger partial charge in [-0.1, -0.05) is 204 Å². The van der Waals surface area contributed by atoms with Gasteiger partial charge in [-0.3, -0.25) is 0 Å². The molecule has 3 heterocycles. The molecule has 9 rings (SSSR count). The maximum atomic E-state index is 6.99. The lowest BCUT2D eigenvalue weighted by molar-refractivity contribution is 0.197. The van der Waals surface area contributed by atoms with E-state index in [9.17, 15) is 0 Å². The second-order valence-corrected chi connectivity index (χ2v) is 21.8. The maximum absolute atomic E-state index is 6.99. The summed E-state index contributed by atoms with van der Waals surface area (Å²) in [5.41, 5.74) is 12.8. The first-order chi connectivity index (χ1) is 29.7. The maximum Gasteiger partial charge on any atom is 0.221 e. The highest BCUT2D eigenvalue weighted by Gasteiger charge is 2.38. The topological polar surface area (TPSA) is 56.3 Å². The predicted octanol–water partition coefficient (Wildman–Crippen LogP) is 15.3. The average molecular weight is 835 g/mol. The van der Waals surface area contributed by atoms with Crippen molar-refractivity contribution in [2.75, 3.05) is 0 Å². The first-order valence-electron chi connectivity index (χ1n) is 22.6. The molecule has 7 aromatic rings. The minimum atomic E-state index is -0.310. The Bertz CT molecular complexity index is 2650. The molecule has 0 saturated carbocycles. The number of hydrogen-bond acceptors (Lipinski definition) is 5. The van der Waals surface area contributed by atoms with Gasteiger partial charge < -0.3 is 13.9 Å². The van der Waals surface area contributed by atoms with Crippen LogP contribution in [0.1, 0.15) is 163 Å². The van der Waals surface area contributed by atoms with Crippen molar-refractivity contribution in [2.24, 2.45) is 9.98 Å². The highest BCUT2D eigenvalue weighted by molar-refractivity contribution is 6.17. The van der Waals surface area contributed by atoms with Gasteiger partial charge in [-0.2, -0.15) is 0 Å². The van der Waals surface area contributed by atoms with Crippen molar-refractivity contribution >= 4 is 33.7 Å². The number of furan rings is 1. The molecule has 63 heavy (non-hydrogen) atoms. The van der Waals surface area contributed by atoms with Gasteiger partial charge in [-0.25, -0.2) is 9.98 Å². The Morgan fingerprint density at radius 2 is 0.635 bits per heavy atom. The van der Waals surface area contributed by atoms with Gasteiger partial charge in [0.2, 0.25) is 11.8 Å². The zero-order valence-corrected chi connectivity index (χ0v) is 39.1. The van der Waals surface area contributed by atoms with Crippen molar-refractivity contribution in [1.82, 2.24) is 0 Å². The molecule has 2 aliphatic heterocycles. The summed E-state index contributed by atoms with van der Waals surface area (Å²) < 4.78 is 21.0. The summed E-state index contributed by atoms with van der Waals surface area (Å²) >= 11 is 0. The molecule has 0 N–H and O–H groups in total. The number of aliphatic imine (C=N–C) groups is 2. The summed E-state index contributed by atoms with van der Waals surface area (Å²) in [6, 6.07) is 47.5. The van der Waals surface area contributed by atoms with E-state index in [-0.39, 0.29) is 46.0 Å². The van der Waals surface area contributed by atoms with Gasteiger partial charge in [0.1, 0.15) is 23.2 Å². The predicted molar refractivity (Wildman–Crippen MR) is 260 cm³/mol. The van der Waals surface area contributed by atoms with Crippen LogP contribution in [0.2, 0.25) is 0 Å². The number of fused-ring (bicyclic) bond motifs is 3. The van der Waals surface area contributed by atoms with Crippen LogP contribution in [-0.2, 0) is 31.1 Å². The van der Waals surface area contributed by atoms with Gasteiger partial charge in [0.05, 0.1) is 11.1 Å². The molecule has 0 amide bonds. The molecule has 6 aromatic carbocycles. The van der Waals surface area contributed by atoms with Gasteiger partial charge in [0.15, 0.2) is 12.2 Å². The van der Waals surface area contributed by atoms with E-state index in [0.29, 0.717) is 11.8 Å². The summed E-state index contributed by atoms with van der Waals surface area (Å²) in [5, 5.41) is 1.98. The molecule has 2 aliphatic rings. The number of nitrogens with zero attached hydrogens (tertiary/aromatic N) is 2. The van der Waals surface area contributed by atoms with E-state index in [2.05, 4.69) is 217 Å². The fourth-order valence-electron chi connectivity index (χ4n) is 8.95.